The van der Waals surface area contributed by atoms with E-state index < -0.39 is 22.8 Å². The number of nitrogens with zero attached hydrogens (tertiary/aromatic N) is 3. The second-order valence-electron chi connectivity index (χ2n) is 6.86. The van der Waals surface area contributed by atoms with Crippen LogP contribution in [0.3, 0.4) is 0 Å². The standard InChI is InChI=1S/C20H21N5O3/c1-14-9-10-19(13-22)18(11-14,12-21)16(25-20(19,27-2)28-3)24-17(26)23-15-7-5-4-6-8-15/h4-9H,10-11H2,1-3H3,(H2,23,24,25,26)/t18-,19+/m0/s1. The molecule has 1 aliphatic carbocycles. The van der Waals surface area contributed by atoms with Crippen LogP contribution in [0.15, 0.2) is 47.0 Å². The first-order chi connectivity index (χ1) is 13.4. The highest BCUT2D eigenvalue weighted by atomic mass is 16.7. The van der Waals surface area contributed by atoms with Gasteiger partial charge in [0.1, 0.15) is 11.3 Å². The molecule has 0 fully saturated rings. The molecule has 2 amide bonds. The van der Waals surface area contributed by atoms with Gasteiger partial charge in [0.2, 0.25) is 0 Å². The molecule has 1 aromatic carbocycles. The monoisotopic (exact) mass is 379 g/mol. The first-order valence-corrected chi connectivity index (χ1v) is 8.74. The summed E-state index contributed by atoms with van der Waals surface area (Å²) in [6.07, 6.45) is 2.32. The van der Waals surface area contributed by atoms with E-state index in [2.05, 4.69) is 27.8 Å². The van der Waals surface area contributed by atoms with Crippen molar-refractivity contribution < 1.29 is 14.3 Å². The molecule has 0 unspecified atom stereocenters. The number of urea groups is 1. The summed E-state index contributed by atoms with van der Waals surface area (Å²) in [4.78, 5) is 17.0. The average Bonchev–Trinajstić information content (AvgIpc) is 2.95. The van der Waals surface area contributed by atoms with E-state index >= 15 is 0 Å². The Hall–Kier alpha value is -3.20. The lowest BCUT2D eigenvalue weighted by molar-refractivity contribution is -0.260. The molecule has 0 saturated carbocycles. The quantitative estimate of drug-likeness (QED) is 0.618. The van der Waals surface area contributed by atoms with E-state index in [1.54, 1.807) is 24.3 Å². The highest BCUT2D eigenvalue weighted by Gasteiger charge is 2.74. The molecule has 0 spiro atoms. The lowest BCUT2D eigenvalue weighted by Gasteiger charge is -2.45. The summed E-state index contributed by atoms with van der Waals surface area (Å²) >= 11 is 0. The SMILES string of the molecule is COC1(OC)N=C(NC(=O)Nc2ccccc2)[C@@]2(C#N)CC(C)=CC[C@]12C#N. The molecule has 3 rings (SSSR count). The van der Waals surface area contributed by atoms with Gasteiger partial charge in [-0.1, -0.05) is 29.8 Å². The number of hydrogen-bond acceptors (Lipinski definition) is 6. The van der Waals surface area contributed by atoms with Crippen LogP contribution in [0.2, 0.25) is 0 Å². The zero-order chi connectivity index (χ0) is 20.4. The van der Waals surface area contributed by atoms with E-state index in [9.17, 15) is 15.3 Å². The fraction of sp³-hybridized carbons (Fsp3) is 0.400. The maximum Gasteiger partial charge on any atom is 0.324 e. The van der Waals surface area contributed by atoms with Crippen molar-refractivity contribution in [1.82, 2.24) is 5.32 Å². The molecule has 1 aliphatic heterocycles. The fourth-order valence-electron chi connectivity index (χ4n) is 4.01. The number of fused-ring (bicyclic) bond motifs is 1. The Morgan fingerprint density at radius 2 is 1.82 bits per heavy atom. The number of hydrogen-bond donors (Lipinski definition) is 2. The molecule has 28 heavy (non-hydrogen) atoms. The number of methoxy groups -OCH3 is 2. The summed E-state index contributed by atoms with van der Waals surface area (Å²) in [5, 5.41) is 25.6. The van der Waals surface area contributed by atoms with Gasteiger partial charge in [0.05, 0.1) is 12.1 Å². The van der Waals surface area contributed by atoms with Gasteiger partial charge >= 0.3 is 6.03 Å². The number of benzene rings is 1. The van der Waals surface area contributed by atoms with Crippen LogP contribution >= 0.6 is 0 Å². The summed E-state index contributed by atoms with van der Waals surface area (Å²) in [6, 6.07) is 12.8. The van der Waals surface area contributed by atoms with Gasteiger partial charge in [-0.3, -0.25) is 5.32 Å². The van der Waals surface area contributed by atoms with E-state index in [1.807, 2.05) is 19.1 Å². The molecule has 1 aromatic rings. The first kappa shape index (κ1) is 19.6. The number of ether oxygens (including phenoxy) is 2. The third kappa shape index (κ3) is 2.58. The van der Waals surface area contributed by atoms with Crippen molar-refractivity contribution >= 4 is 17.6 Å². The fourth-order valence-corrected chi connectivity index (χ4v) is 4.01. The average molecular weight is 379 g/mol. The maximum atomic E-state index is 12.6. The second kappa shape index (κ2) is 7.08. The Balaban J connectivity index is 2.04. The van der Waals surface area contributed by atoms with Gasteiger partial charge in [0.25, 0.3) is 5.91 Å². The molecule has 8 nitrogen and oxygen atoms in total. The lowest BCUT2D eigenvalue weighted by Crippen LogP contribution is -2.58. The molecule has 0 radical (unpaired) electrons. The Labute approximate surface area is 163 Å². The molecular formula is C20H21N5O3. The van der Waals surface area contributed by atoms with Crippen molar-refractivity contribution in [1.29, 1.82) is 10.5 Å². The van der Waals surface area contributed by atoms with E-state index in [0.717, 1.165) is 5.57 Å². The van der Waals surface area contributed by atoms with E-state index in [0.29, 0.717) is 5.69 Å². The smallest absolute Gasteiger partial charge is 0.324 e. The van der Waals surface area contributed by atoms with Crippen LogP contribution < -0.4 is 10.6 Å². The van der Waals surface area contributed by atoms with Crippen molar-refractivity contribution in [3.63, 3.8) is 0 Å². The van der Waals surface area contributed by atoms with Crippen molar-refractivity contribution in [2.45, 2.75) is 25.7 Å². The van der Waals surface area contributed by atoms with Gasteiger partial charge in [0, 0.05) is 19.9 Å². The number of amidine groups is 1. The number of allylic oxidation sites excluding steroid dienone is 2. The van der Waals surface area contributed by atoms with E-state index in [-0.39, 0.29) is 18.7 Å². The molecule has 1 heterocycles. The summed E-state index contributed by atoms with van der Waals surface area (Å²) < 4.78 is 11.0. The molecule has 144 valence electrons. The van der Waals surface area contributed by atoms with E-state index in [1.165, 1.54) is 14.2 Å². The summed E-state index contributed by atoms with van der Waals surface area (Å²) in [7, 11) is 2.73. The Morgan fingerprint density at radius 1 is 1.14 bits per heavy atom. The zero-order valence-corrected chi connectivity index (χ0v) is 15.9. The van der Waals surface area contributed by atoms with Crippen molar-refractivity contribution in [3.05, 3.63) is 42.0 Å². The van der Waals surface area contributed by atoms with Crippen LogP contribution in [0, 0.1) is 33.5 Å². The number of carbonyl (C=O) groups excluding carboxylic acids is 1. The number of aliphatic imine (C=N–C) groups is 1. The topological polar surface area (TPSA) is 120 Å². The summed E-state index contributed by atoms with van der Waals surface area (Å²) in [6.45, 7) is 1.88. The highest BCUT2D eigenvalue weighted by molar-refractivity contribution is 6.08. The van der Waals surface area contributed by atoms with Crippen LogP contribution in [0.1, 0.15) is 19.8 Å². The molecule has 0 aromatic heterocycles. The molecule has 2 N–H and O–H groups in total. The van der Waals surface area contributed by atoms with E-state index in [4.69, 9.17) is 9.47 Å². The minimum atomic E-state index is -1.70. The third-order valence-corrected chi connectivity index (χ3v) is 5.43. The number of nitrogens with one attached hydrogen (secondary N) is 2. The van der Waals surface area contributed by atoms with Crippen molar-refractivity contribution in [2.75, 3.05) is 19.5 Å². The van der Waals surface area contributed by atoms with Crippen LogP contribution in [-0.4, -0.2) is 32.0 Å². The summed E-state index contributed by atoms with van der Waals surface area (Å²) in [5.41, 5.74) is -1.35. The zero-order valence-electron chi connectivity index (χ0n) is 15.9. The molecule has 8 heteroatoms. The van der Waals surface area contributed by atoms with Crippen LogP contribution in [0.4, 0.5) is 10.5 Å². The molecule has 0 saturated heterocycles. The number of amides is 2. The Bertz CT molecular complexity index is 923. The predicted molar refractivity (Wildman–Crippen MR) is 102 cm³/mol. The molecule has 0 bridgehead atoms. The Morgan fingerprint density at radius 3 is 2.39 bits per heavy atom. The van der Waals surface area contributed by atoms with Crippen LogP contribution in [-0.2, 0) is 9.47 Å². The van der Waals surface area contributed by atoms with Crippen LogP contribution in [0.5, 0.6) is 0 Å². The minimum absolute atomic E-state index is 0.0566. The van der Waals surface area contributed by atoms with Gasteiger partial charge in [-0.2, -0.15) is 10.5 Å². The number of anilines is 1. The van der Waals surface area contributed by atoms with Gasteiger partial charge in [-0.05, 0) is 31.9 Å². The van der Waals surface area contributed by atoms with Crippen molar-refractivity contribution in [2.24, 2.45) is 15.8 Å². The van der Waals surface area contributed by atoms with Gasteiger partial charge in [-0.15, -0.1) is 0 Å². The second-order valence-corrected chi connectivity index (χ2v) is 6.86. The number of nitriles is 2. The largest absolute Gasteiger partial charge is 0.333 e. The molecule has 2 aliphatic rings. The third-order valence-electron chi connectivity index (χ3n) is 5.43. The summed E-state index contributed by atoms with van der Waals surface area (Å²) in [5.74, 6) is -1.65. The Kier molecular flexibility index (Phi) is 4.95. The highest BCUT2D eigenvalue weighted by Crippen LogP contribution is 2.61. The van der Waals surface area contributed by atoms with Gasteiger partial charge < -0.3 is 14.8 Å². The molecule has 2 atom stereocenters. The lowest BCUT2D eigenvalue weighted by atomic mass is 9.57. The molecular weight excluding hydrogens is 358 g/mol. The predicted octanol–water partition coefficient (Wildman–Crippen LogP) is 2.93. The normalized spacial score (nSPS) is 27.5. The maximum absolute atomic E-state index is 12.6. The first-order valence-electron chi connectivity index (χ1n) is 8.74. The van der Waals surface area contributed by atoms with Gasteiger partial charge in [-0.25, -0.2) is 9.79 Å². The van der Waals surface area contributed by atoms with Crippen molar-refractivity contribution in [3.8, 4) is 12.1 Å². The minimum Gasteiger partial charge on any atom is -0.333 e. The number of rotatable bonds is 3. The number of para-hydroxylation sites is 1. The number of carbonyl (C=O) groups is 1. The van der Waals surface area contributed by atoms with Crippen LogP contribution in [0.25, 0.3) is 0 Å². The van der Waals surface area contributed by atoms with Gasteiger partial charge in [0.15, 0.2) is 5.41 Å².